The Labute approximate surface area is 432 Å². The van der Waals surface area contributed by atoms with Gasteiger partial charge >= 0.3 is 12.1 Å². The predicted octanol–water partition coefficient (Wildman–Crippen LogP) is 6.96. The molecule has 15 nitrogen and oxygen atoms in total. The lowest BCUT2D eigenvalue weighted by Crippen LogP contribution is -2.62. The highest BCUT2D eigenvalue weighted by atomic mass is 19.4. The van der Waals surface area contributed by atoms with Crippen LogP contribution in [-0.2, 0) is 52.8 Å². The summed E-state index contributed by atoms with van der Waals surface area (Å²) in [4.78, 5) is 80.2. The third-order valence-corrected chi connectivity index (χ3v) is 14.7. The van der Waals surface area contributed by atoms with Crippen LogP contribution in [0.4, 0.5) is 13.2 Å². The number of halogens is 3. The third-order valence-electron chi connectivity index (χ3n) is 14.7. The van der Waals surface area contributed by atoms with E-state index in [4.69, 9.17) is 9.47 Å². The van der Waals surface area contributed by atoms with E-state index in [1.54, 1.807) is 49.3 Å². The number of esters is 1. The van der Waals surface area contributed by atoms with Crippen molar-refractivity contribution in [2.24, 2.45) is 17.3 Å². The number of nitrogens with zero attached hydrogens (tertiary/aromatic N) is 6. The number of rotatable bonds is 10. The number of ether oxygens (including phenoxy) is 2. The van der Waals surface area contributed by atoms with Crippen LogP contribution in [0.2, 0.25) is 0 Å². The van der Waals surface area contributed by atoms with E-state index in [1.807, 2.05) is 90.9 Å². The van der Waals surface area contributed by atoms with Crippen LogP contribution in [0, 0.1) is 29.1 Å². The first-order valence-corrected chi connectivity index (χ1v) is 25.4. The van der Waals surface area contributed by atoms with E-state index < -0.39 is 77.5 Å². The second kappa shape index (κ2) is 22.3. The van der Waals surface area contributed by atoms with Gasteiger partial charge in [0.15, 0.2) is 0 Å². The lowest BCUT2D eigenvalue weighted by Gasteiger charge is -2.37. The van der Waals surface area contributed by atoms with Crippen molar-refractivity contribution in [2.75, 3.05) is 54.5 Å². The van der Waals surface area contributed by atoms with E-state index in [1.165, 1.54) is 21.6 Å². The van der Waals surface area contributed by atoms with E-state index in [2.05, 4.69) is 27.6 Å². The molecule has 0 saturated carbocycles. The van der Waals surface area contributed by atoms with Crippen LogP contribution in [0.1, 0.15) is 90.7 Å². The van der Waals surface area contributed by atoms with Crippen LogP contribution in [0.3, 0.4) is 0 Å². The minimum atomic E-state index is -4.60. The van der Waals surface area contributed by atoms with Crippen molar-refractivity contribution in [3.63, 3.8) is 0 Å². The number of fused-ring (bicyclic) bond motifs is 6. The molecule has 0 spiro atoms. The lowest BCUT2D eigenvalue weighted by molar-refractivity contribution is -0.155. The molecule has 398 valence electrons. The number of amides is 4. The molecule has 74 heavy (non-hydrogen) atoms. The first-order valence-electron chi connectivity index (χ1n) is 25.4. The molecule has 2 saturated heterocycles. The number of methoxy groups -OCH3 is 1. The fraction of sp³-hybridized carbons (Fsp3) is 0.536. The van der Waals surface area contributed by atoms with Gasteiger partial charge in [-0.3, -0.25) is 38.9 Å². The summed E-state index contributed by atoms with van der Waals surface area (Å²) in [6, 6.07) is 13.1. The Morgan fingerprint density at radius 1 is 1.00 bits per heavy atom. The summed E-state index contributed by atoms with van der Waals surface area (Å²) in [6.45, 7) is 12.4. The fourth-order valence-electron chi connectivity index (χ4n) is 10.2. The minimum Gasteiger partial charge on any atom is -0.464 e. The minimum absolute atomic E-state index is 0.00873. The molecule has 4 aromatic rings. The standard InChI is InChI=1S/C56H71F3N8O7/c1-34(2)48(64(10)51(70)39-22-26-65(31-39)46(68)21-23-55(6,7)63(8)9)50(69)61-44-28-36-15-12-16-37(27-36)38-19-20-45-41(29-38)42(30-54(4,5)33-74-53(72)43-18-14-25-67(62-43)52(44)71)49(66(45)32-56(57,58)59)40-17-13-24-60-47(40)35(3)73-11/h12-13,15-17,19-20,24,27,29,34-35,39,43-44,48,62H,14,18,22,25-26,28,30-33H2,1-11H3,(H,61,69)/t35-,39-,43-,44-,48?/m0/s1. The van der Waals surface area contributed by atoms with Gasteiger partial charge in [0.05, 0.1) is 35.6 Å². The highest BCUT2D eigenvalue weighted by Gasteiger charge is 2.41. The van der Waals surface area contributed by atoms with Crippen LogP contribution in [0.25, 0.3) is 33.3 Å². The Hall–Kier alpha value is -6.29. The maximum absolute atomic E-state index is 14.8. The lowest BCUT2D eigenvalue weighted by atomic mass is 9.84. The quantitative estimate of drug-likeness (QED) is 0.126. The molecule has 6 bridgehead atoms. The fourth-order valence-corrected chi connectivity index (χ4v) is 10.2. The summed E-state index contributed by atoms with van der Waals surface area (Å²) >= 11 is 0. The first-order chi connectivity index (χ1) is 34.8. The van der Waals surface area contributed by atoms with Gasteiger partial charge in [-0.05, 0) is 119 Å². The summed E-state index contributed by atoms with van der Waals surface area (Å²) in [6.07, 6.45) is -2.15. The summed E-state index contributed by atoms with van der Waals surface area (Å²) in [5.74, 6) is 2.45. The number of hydrazine groups is 1. The topological polar surface area (TPSA) is 159 Å². The monoisotopic (exact) mass is 1020 g/mol. The van der Waals surface area contributed by atoms with E-state index in [0.29, 0.717) is 70.4 Å². The molecule has 0 radical (unpaired) electrons. The summed E-state index contributed by atoms with van der Waals surface area (Å²) in [5.41, 5.74) is 6.07. The molecule has 2 aromatic carbocycles. The van der Waals surface area contributed by atoms with Crippen molar-refractivity contribution in [3.8, 4) is 34.2 Å². The average molecular weight is 1030 g/mol. The van der Waals surface area contributed by atoms with Gasteiger partial charge in [-0.1, -0.05) is 63.9 Å². The molecule has 2 fully saturated rings. The number of carbonyl (C=O) groups is 5. The molecule has 18 heteroatoms. The molecule has 7 rings (SSSR count). The molecule has 4 amide bonds. The Balaban J connectivity index is 1.26. The Bertz CT molecular complexity index is 2830. The van der Waals surface area contributed by atoms with E-state index in [9.17, 15) is 37.1 Å². The molecular formula is C56H71F3N8O7. The zero-order valence-electron chi connectivity index (χ0n) is 44.5. The second-order valence-corrected chi connectivity index (χ2v) is 21.9. The molecule has 5 heterocycles. The molecule has 3 aliphatic rings. The van der Waals surface area contributed by atoms with Crippen molar-refractivity contribution in [2.45, 2.75) is 123 Å². The number of hydrogen-bond donors (Lipinski definition) is 2. The van der Waals surface area contributed by atoms with E-state index in [0.717, 1.165) is 5.56 Å². The smallest absolute Gasteiger partial charge is 0.406 e. The van der Waals surface area contributed by atoms with Crippen LogP contribution in [0.15, 0.2) is 60.8 Å². The molecule has 2 N–H and O–H groups in total. The summed E-state index contributed by atoms with van der Waals surface area (Å²) < 4.78 is 57.2. The Morgan fingerprint density at radius 3 is 2.42 bits per heavy atom. The van der Waals surface area contributed by atoms with Gasteiger partial charge in [0.2, 0.25) is 11.8 Å². The Kier molecular flexibility index (Phi) is 16.7. The first kappa shape index (κ1) is 55.5. The van der Waals surface area contributed by atoms with Crippen molar-refractivity contribution in [1.29, 1.82) is 0 Å². The van der Waals surface area contributed by atoms with Crippen molar-refractivity contribution in [3.05, 3.63) is 77.6 Å². The molecular weight excluding hydrogens is 954 g/mol. The molecule has 5 atom stereocenters. The Morgan fingerprint density at radius 2 is 1.73 bits per heavy atom. The number of alkyl halides is 3. The number of likely N-dealkylation sites (tertiary alicyclic amines) is 1. The highest BCUT2D eigenvalue weighted by molar-refractivity contribution is 5.97. The van der Waals surface area contributed by atoms with Crippen molar-refractivity contribution < 1.29 is 46.6 Å². The van der Waals surface area contributed by atoms with Crippen molar-refractivity contribution in [1.82, 2.24) is 40.0 Å². The number of nitrogens with one attached hydrogen (secondary N) is 2. The van der Waals surface area contributed by atoms with E-state index >= 15 is 0 Å². The maximum Gasteiger partial charge on any atom is 0.406 e. The zero-order valence-corrected chi connectivity index (χ0v) is 44.5. The van der Waals surface area contributed by atoms with Gasteiger partial charge in [0.25, 0.3) is 11.8 Å². The number of benzene rings is 2. The second-order valence-electron chi connectivity index (χ2n) is 21.9. The van der Waals surface area contributed by atoms with Crippen LogP contribution < -0.4 is 10.7 Å². The maximum atomic E-state index is 14.8. The number of likely N-dealkylation sites (N-methyl/N-ethyl adjacent to an activating group) is 1. The van der Waals surface area contributed by atoms with Gasteiger partial charge in [-0.15, -0.1) is 0 Å². The van der Waals surface area contributed by atoms with Crippen LogP contribution in [-0.4, -0.2) is 143 Å². The van der Waals surface area contributed by atoms with Crippen LogP contribution in [0.5, 0.6) is 0 Å². The number of pyridine rings is 1. The van der Waals surface area contributed by atoms with Gasteiger partial charge in [0, 0.05) is 68.3 Å². The predicted molar refractivity (Wildman–Crippen MR) is 276 cm³/mol. The molecule has 3 aliphatic heterocycles. The number of carbonyl (C=O) groups excluding carboxylic acids is 5. The van der Waals surface area contributed by atoms with Crippen LogP contribution >= 0.6 is 0 Å². The summed E-state index contributed by atoms with van der Waals surface area (Å²) in [5, 5.41) is 4.93. The van der Waals surface area contributed by atoms with E-state index in [-0.39, 0.29) is 44.4 Å². The van der Waals surface area contributed by atoms with Gasteiger partial charge in [-0.2, -0.15) is 13.2 Å². The number of cyclic esters (lactones) is 1. The molecule has 2 aromatic heterocycles. The number of hydrogen-bond acceptors (Lipinski definition) is 10. The van der Waals surface area contributed by atoms with Gasteiger partial charge in [0.1, 0.15) is 24.7 Å². The highest BCUT2D eigenvalue weighted by Crippen LogP contribution is 2.43. The molecule has 1 unspecified atom stereocenters. The SMILES string of the molecule is CO[C@@H](C)c1ncccc1-c1c2c3cc(ccc3n1CC(F)(F)F)-c1cccc(c1)C[C@H](NC(=O)C(C(C)C)N(C)C(=O)[C@H]1CCN(C(=O)C#CC(C)(C)N(C)C)C1)C(=O)N1CCC[C@H](N1)C(=O)OCC(C)(C)C2. The van der Waals surface area contributed by atoms with Gasteiger partial charge < -0.3 is 29.2 Å². The average Bonchev–Trinajstić information content (AvgIpc) is 3.96. The zero-order chi connectivity index (χ0) is 54.0. The third kappa shape index (κ3) is 12.4. The summed E-state index contributed by atoms with van der Waals surface area (Å²) in [7, 11) is 6.84. The number of aromatic nitrogens is 2. The normalized spacial score (nSPS) is 20.4. The van der Waals surface area contributed by atoms with Crippen molar-refractivity contribution >= 4 is 40.5 Å². The largest absolute Gasteiger partial charge is 0.464 e. The molecule has 0 aliphatic carbocycles. The van der Waals surface area contributed by atoms with Gasteiger partial charge in [-0.25, -0.2) is 5.43 Å².